The van der Waals surface area contributed by atoms with Crippen LogP contribution in [0.2, 0.25) is 0 Å². The Labute approximate surface area is 344 Å². The van der Waals surface area contributed by atoms with E-state index in [-0.39, 0.29) is 0 Å². The smallest absolute Gasteiger partial charge is 0.181 e. The first-order valence-corrected chi connectivity index (χ1v) is 24.9. The van der Waals surface area contributed by atoms with Crippen LogP contribution in [0.4, 0.5) is 0 Å². The SMILES string of the molecule is c1ccc([Si]2(c3ccccc3)c3ccccc3[Si]3(c4ccccc4Sc4ccccc43)c3cc(-c4ccc(-n5c6ccccc6c6ccccc65)cc4)ccc32)cc1. The van der Waals surface area contributed by atoms with E-state index in [9.17, 15) is 0 Å². The lowest BCUT2D eigenvalue weighted by Gasteiger charge is -2.50. The van der Waals surface area contributed by atoms with Gasteiger partial charge in [0.05, 0.1) is 11.0 Å². The number of hydrogen-bond acceptors (Lipinski definition) is 1. The lowest BCUT2D eigenvalue weighted by atomic mass is 10.1. The van der Waals surface area contributed by atoms with Crippen molar-refractivity contribution < 1.29 is 0 Å². The van der Waals surface area contributed by atoms with Gasteiger partial charge >= 0.3 is 0 Å². The van der Waals surface area contributed by atoms with Crippen molar-refractivity contribution in [3.63, 3.8) is 0 Å². The van der Waals surface area contributed by atoms with E-state index in [1.165, 1.54) is 89.9 Å². The zero-order valence-electron chi connectivity index (χ0n) is 31.7. The van der Waals surface area contributed by atoms with E-state index in [4.69, 9.17) is 0 Å². The molecular formula is C54H37NSSi2. The largest absolute Gasteiger partial charge is 0.309 e. The highest BCUT2D eigenvalue weighted by atomic mass is 32.2. The third-order valence-electron chi connectivity index (χ3n) is 12.8. The highest BCUT2D eigenvalue weighted by Gasteiger charge is 2.58. The number of hydrogen-bond donors (Lipinski definition) is 0. The van der Waals surface area contributed by atoms with Crippen LogP contribution < -0.4 is 41.5 Å². The molecule has 1 spiro atoms. The van der Waals surface area contributed by atoms with Gasteiger partial charge in [-0.1, -0.05) is 200 Å². The second kappa shape index (κ2) is 13.0. The lowest BCUT2D eigenvalue weighted by molar-refractivity contribution is 1.18. The third-order valence-corrected chi connectivity index (χ3v) is 24.7. The predicted molar refractivity (Wildman–Crippen MR) is 251 cm³/mol. The summed E-state index contributed by atoms with van der Waals surface area (Å²) in [4.78, 5) is 2.76. The molecule has 3 heterocycles. The highest BCUT2D eigenvalue weighted by molar-refractivity contribution is 8.00. The highest BCUT2D eigenvalue weighted by Crippen LogP contribution is 2.36. The fourth-order valence-corrected chi connectivity index (χ4v) is 24.8. The fraction of sp³-hybridized carbons (Fsp3) is 0. The minimum absolute atomic E-state index is 1.17. The van der Waals surface area contributed by atoms with Gasteiger partial charge in [0.15, 0.2) is 16.1 Å². The van der Waals surface area contributed by atoms with E-state index in [2.05, 4.69) is 229 Å². The van der Waals surface area contributed by atoms with E-state index in [0.29, 0.717) is 0 Å². The molecule has 0 atom stereocenters. The van der Waals surface area contributed by atoms with Crippen LogP contribution in [-0.2, 0) is 0 Å². The Morgan fingerprint density at radius 3 is 1.31 bits per heavy atom. The molecule has 1 aromatic heterocycles. The summed E-state index contributed by atoms with van der Waals surface area (Å²) in [5, 5.41) is 14.5. The van der Waals surface area contributed by atoms with Crippen LogP contribution in [0.5, 0.6) is 0 Å². The summed E-state index contributed by atoms with van der Waals surface area (Å²) in [7, 11) is -5.70. The summed E-state index contributed by atoms with van der Waals surface area (Å²) in [6, 6.07) is 85.5. The van der Waals surface area contributed by atoms with E-state index in [1.807, 2.05) is 11.8 Å². The van der Waals surface area contributed by atoms with Gasteiger partial charge in [-0.25, -0.2) is 0 Å². The molecule has 0 fully saturated rings. The Kier molecular flexibility index (Phi) is 7.58. The summed E-state index contributed by atoms with van der Waals surface area (Å²) in [6.45, 7) is 0. The van der Waals surface area contributed by atoms with Gasteiger partial charge in [-0.05, 0) is 89.0 Å². The van der Waals surface area contributed by atoms with Crippen LogP contribution in [0.3, 0.4) is 0 Å². The van der Waals surface area contributed by atoms with Crippen LogP contribution in [0.15, 0.2) is 234 Å². The molecule has 12 rings (SSSR count). The third kappa shape index (κ3) is 4.59. The van der Waals surface area contributed by atoms with Gasteiger partial charge in [-0.2, -0.15) is 0 Å². The lowest BCUT2D eigenvalue weighted by Crippen LogP contribution is -2.93. The Hall–Kier alpha value is -6.44. The maximum absolute atomic E-state index is 2.88. The van der Waals surface area contributed by atoms with Crippen molar-refractivity contribution in [1.82, 2.24) is 4.57 Å². The minimum atomic E-state index is -2.88. The molecule has 1 nitrogen and oxygen atoms in total. The predicted octanol–water partition coefficient (Wildman–Crippen LogP) is 7.98. The molecule has 0 radical (unpaired) electrons. The van der Waals surface area contributed by atoms with Gasteiger partial charge < -0.3 is 4.57 Å². The summed E-state index contributed by atoms with van der Waals surface area (Å²) in [5.41, 5.74) is 6.12. The average Bonchev–Trinajstić information content (AvgIpc) is 3.64. The molecule has 0 bridgehead atoms. The second-order valence-electron chi connectivity index (χ2n) is 15.5. The minimum Gasteiger partial charge on any atom is -0.309 e. The van der Waals surface area contributed by atoms with Gasteiger partial charge in [0.1, 0.15) is 0 Å². The molecule has 0 saturated carbocycles. The molecule has 0 saturated heterocycles. The molecule has 2 aliphatic heterocycles. The fourth-order valence-electron chi connectivity index (χ4n) is 10.5. The van der Waals surface area contributed by atoms with Crippen LogP contribution in [0.25, 0.3) is 38.6 Å². The second-order valence-corrected chi connectivity index (χ2v) is 24.0. The Bertz CT molecular complexity index is 3070. The summed E-state index contributed by atoms with van der Waals surface area (Å²) in [5.74, 6) is 0. The van der Waals surface area contributed by atoms with E-state index < -0.39 is 16.1 Å². The van der Waals surface area contributed by atoms with Crippen molar-refractivity contribution in [3.8, 4) is 16.8 Å². The first-order chi connectivity index (χ1) is 28.8. The quantitative estimate of drug-likeness (QED) is 0.164. The van der Waals surface area contributed by atoms with Gasteiger partial charge in [0.25, 0.3) is 0 Å². The van der Waals surface area contributed by atoms with E-state index >= 15 is 0 Å². The van der Waals surface area contributed by atoms with Crippen molar-refractivity contribution in [3.05, 3.63) is 224 Å². The molecule has 0 aliphatic carbocycles. The van der Waals surface area contributed by atoms with Crippen LogP contribution in [0, 0.1) is 0 Å². The molecule has 272 valence electrons. The molecule has 4 heteroatoms. The molecule has 10 aromatic rings. The molecule has 0 N–H and O–H groups in total. The zero-order chi connectivity index (χ0) is 38.3. The van der Waals surface area contributed by atoms with Gasteiger partial charge in [-0.15, -0.1) is 0 Å². The molecule has 2 aliphatic rings. The maximum atomic E-state index is 2.63. The van der Waals surface area contributed by atoms with Crippen LogP contribution >= 0.6 is 11.8 Å². The number of para-hydroxylation sites is 2. The summed E-state index contributed by atoms with van der Waals surface area (Å²) >= 11 is 1.94. The average molecular weight is 788 g/mol. The first kappa shape index (κ1) is 33.7. The zero-order valence-corrected chi connectivity index (χ0v) is 34.5. The van der Waals surface area contributed by atoms with Crippen molar-refractivity contribution in [2.45, 2.75) is 9.79 Å². The maximum Gasteiger partial charge on any atom is 0.181 e. The standard InChI is InChI=1S/C54H37NSSi2/c1-3-17-41(18-4-1)57(42-19-5-2-6-20-42)51-29-15-16-30-52(51)58(49-27-13-11-25-47(49)56-48-26-12-14-28-50(48)58)54-37-39(33-36-53(54)57)38-31-34-40(35-32-38)55-45-23-9-7-21-43(45)44-22-8-10-24-46(44)55/h1-37H. The van der Waals surface area contributed by atoms with Crippen molar-refractivity contribution in [1.29, 1.82) is 0 Å². The van der Waals surface area contributed by atoms with Crippen LogP contribution in [0.1, 0.15) is 0 Å². The van der Waals surface area contributed by atoms with Gasteiger partial charge in [0.2, 0.25) is 0 Å². The monoisotopic (exact) mass is 787 g/mol. The first-order valence-electron chi connectivity index (χ1n) is 20.1. The van der Waals surface area contributed by atoms with Gasteiger partial charge in [-0.3, -0.25) is 0 Å². The van der Waals surface area contributed by atoms with Crippen molar-refractivity contribution in [2.75, 3.05) is 0 Å². The molecule has 9 aromatic carbocycles. The Balaban J connectivity index is 1.16. The normalized spacial score (nSPS) is 14.4. The van der Waals surface area contributed by atoms with Crippen molar-refractivity contribution >= 4 is 91.2 Å². The summed E-state index contributed by atoms with van der Waals surface area (Å²) < 4.78 is 2.41. The number of fused-ring (bicyclic) bond motifs is 11. The van der Waals surface area contributed by atoms with Crippen LogP contribution in [-0.4, -0.2) is 20.7 Å². The molecular weight excluding hydrogens is 751 g/mol. The van der Waals surface area contributed by atoms with Crippen molar-refractivity contribution in [2.24, 2.45) is 0 Å². The number of aromatic nitrogens is 1. The van der Waals surface area contributed by atoms with Gasteiger partial charge in [0, 0.05) is 26.3 Å². The number of rotatable bonds is 4. The number of benzene rings is 9. The molecule has 0 unspecified atom stereocenters. The Morgan fingerprint density at radius 2 is 0.741 bits per heavy atom. The number of nitrogens with zero attached hydrogens (tertiary/aromatic N) is 1. The topological polar surface area (TPSA) is 4.93 Å². The molecule has 0 amide bonds. The summed E-state index contributed by atoms with van der Waals surface area (Å²) in [6.07, 6.45) is 0. The molecule has 58 heavy (non-hydrogen) atoms. The van der Waals surface area contributed by atoms with E-state index in [0.717, 1.165) is 0 Å². The Morgan fingerprint density at radius 1 is 0.310 bits per heavy atom. The van der Waals surface area contributed by atoms with E-state index in [1.54, 1.807) is 0 Å².